The average Bonchev–Trinajstić information content (AvgIpc) is 3.26. The molecule has 152 valence electrons. The lowest BCUT2D eigenvalue weighted by molar-refractivity contribution is -0.122. The van der Waals surface area contributed by atoms with E-state index in [1.54, 1.807) is 13.2 Å². The number of para-hydroxylation sites is 2. The fraction of sp³-hybridized carbons (Fsp3) is 0.143. The maximum Gasteiger partial charge on any atom is 0.266 e. The normalized spacial score (nSPS) is 15.2. The monoisotopic (exact) mass is 455 g/mol. The predicted octanol–water partition coefficient (Wildman–Crippen LogP) is 4.53. The molecule has 9 heteroatoms. The van der Waals surface area contributed by atoms with Gasteiger partial charge in [-0.25, -0.2) is 4.98 Å². The number of methoxy groups -OCH3 is 1. The van der Waals surface area contributed by atoms with Gasteiger partial charge in [-0.2, -0.15) is 0 Å². The van der Waals surface area contributed by atoms with Crippen molar-refractivity contribution in [1.29, 1.82) is 0 Å². The zero-order valence-electron chi connectivity index (χ0n) is 16.0. The number of thiazole rings is 1. The number of anilines is 1. The summed E-state index contributed by atoms with van der Waals surface area (Å²) in [6.45, 7) is 0.213. The minimum absolute atomic E-state index is 0.129. The van der Waals surface area contributed by atoms with E-state index in [2.05, 4.69) is 10.3 Å². The maximum atomic E-state index is 12.8. The Bertz CT molecular complexity index is 1140. The first kappa shape index (κ1) is 20.5. The van der Waals surface area contributed by atoms with Crippen LogP contribution in [0.25, 0.3) is 16.3 Å². The Hall–Kier alpha value is -2.75. The fourth-order valence-corrected chi connectivity index (χ4v) is 5.12. The number of thioether (sulfide) groups is 1. The minimum Gasteiger partial charge on any atom is -0.496 e. The number of nitrogens with zero attached hydrogens (tertiary/aromatic N) is 2. The summed E-state index contributed by atoms with van der Waals surface area (Å²) in [4.78, 5) is 31.5. The number of carbonyl (C=O) groups excluding carboxylic acids is 2. The number of thiocarbonyl (C=S) groups is 1. The fourth-order valence-electron chi connectivity index (χ4n) is 2.94. The molecule has 1 aliphatic rings. The van der Waals surface area contributed by atoms with Crippen LogP contribution in [0.2, 0.25) is 0 Å². The molecule has 0 bridgehead atoms. The Morgan fingerprint density at radius 3 is 2.80 bits per heavy atom. The minimum atomic E-state index is -0.211. The van der Waals surface area contributed by atoms with Crippen LogP contribution in [0.5, 0.6) is 5.75 Å². The standard InChI is InChI=1S/C21H17N3O3S3/c1-27-15-8-4-2-6-13(15)12-17-19(26)24(21(28)30-17)11-10-18(25)23-20-22-14-7-3-5-9-16(14)29-20/h2-9,12H,10-11H2,1H3,(H,22,23,25). The van der Waals surface area contributed by atoms with E-state index < -0.39 is 0 Å². The molecule has 3 aromatic rings. The van der Waals surface area contributed by atoms with Crippen LogP contribution in [-0.4, -0.2) is 39.7 Å². The summed E-state index contributed by atoms with van der Waals surface area (Å²) in [5, 5.41) is 3.34. The third kappa shape index (κ3) is 4.38. The number of hydrogen-bond donors (Lipinski definition) is 1. The number of nitrogens with one attached hydrogen (secondary N) is 1. The molecule has 2 aromatic carbocycles. The van der Waals surface area contributed by atoms with Crippen LogP contribution in [0.1, 0.15) is 12.0 Å². The van der Waals surface area contributed by atoms with Gasteiger partial charge in [0.2, 0.25) is 5.91 Å². The molecule has 0 spiro atoms. The molecular weight excluding hydrogens is 438 g/mol. The van der Waals surface area contributed by atoms with Crippen molar-refractivity contribution in [3.05, 3.63) is 59.0 Å². The number of benzene rings is 2. The zero-order chi connectivity index (χ0) is 21.1. The molecule has 30 heavy (non-hydrogen) atoms. The van der Waals surface area contributed by atoms with Crippen LogP contribution in [0, 0.1) is 0 Å². The van der Waals surface area contributed by atoms with E-state index in [0.29, 0.717) is 20.1 Å². The smallest absolute Gasteiger partial charge is 0.266 e. The summed E-state index contributed by atoms with van der Waals surface area (Å²) >= 11 is 7.99. The lowest BCUT2D eigenvalue weighted by atomic mass is 10.2. The number of rotatable bonds is 6. The van der Waals surface area contributed by atoms with E-state index in [1.165, 1.54) is 28.0 Å². The van der Waals surface area contributed by atoms with Gasteiger partial charge in [0.15, 0.2) is 5.13 Å². The molecule has 1 aliphatic heterocycles. The topological polar surface area (TPSA) is 71.5 Å². The number of fused-ring (bicyclic) bond motifs is 1. The van der Waals surface area contributed by atoms with Crippen molar-refractivity contribution in [1.82, 2.24) is 9.88 Å². The molecule has 1 fully saturated rings. The van der Waals surface area contributed by atoms with E-state index in [0.717, 1.165) is 15.8 Å². The summed E-state index contributed by atoms with van der Waals surface area (Å²) in [5.41, 5.74) is 1.64. The van der Waals surface area contributed by atoms with E-state index >= 15 is 0 Å². The molecule has 1 N–H and O–H groups in total. The Labute approximate surface area is 186 Å². The van der Waals surface area contributed by atoms with Crippen molar-refractivity contribution in [2.45, 2.75) is 6.42 Å². The number of hydrogen-bond acceptors (Lipinski definition) is 7. The number of aromatic nitrogens is 1. The summed E-state index contributed by atoms with van der Waals surface area (Å²) < 4.78 is 6.78. The number of carbonyl (C=O) groups is 2. The van der Waals surface area contributed by atoms with Gasteiger partial charge in [0, 0.05) is 18.5 Å². The van der Waals surface area contributed by atoms with Crippen LogP contribution in [0.15, 0.2) is 53.4 Å². The number of ether oxygens (including phenoxy) is 1. The first-order valence-electron chi connectivity index (χ1n) is 9.09. The molecule has 4 rings (SSSR count). The Balaban J connectivity index is 1.39. The summed E-state index contributed by atoms with van der Waals surface area (Å²) in [6, 6.07) is 15.1. The molecule has 0 saturated carbocycles. The van der Waals surface area contributed by atoms with Gasteiger partial charge in [-0.3, -0.25) is 14.5 Å². The Morgan fingerprint density at radius 1 is 1.23 bits per heavy atom. The molecule has 1 aromatic heterocycles. The molecular formula is C21H17N3O3S3. The highest BCUT2D eigenvalue weighted by atomic mass is 32.2. The quantitative estimate of drug-likeness (QED) is 0.435. The van der Waals surface area contributed by atoms with Gasteiger partial charge < -0.3 is 10.1 Å². The summed E-state index contributed by atoms with van der Waals surface area (Å²) in [5.74, 6) is 0.262. The van der Waals surface area contributed by atoms with Gasteiger partial charge in [-0.05, 0) is 24.3 Å². The first-order chi connectivity index (χ1) is 14.5. The molecule has 2 amide bonds. The van der Waals surface area contributed by atoms with Crippen molar-refractivity contribution in [3.8, 4) is 5.75 Å². The van der Waals surface area contributed by atoms with Crippen molar-refractivity contribution in [3.63, 3.8) is 0 Å². The molecule has 0 radical (unpaired) electrons. The summed E-state index contributed by atoms with van der Waals surface area (Å²) in [7, 11) is 1.59. The third-order valence-corrected chi connectivity index (χ3v) is 6.73. The van der Waals surface area contributed by atoms with E-state index in [-0.39, 0.29) is 24.8 Å². The SMILES string of the molecule is COc1ccccc1C=C1SC(=S)N(CCC(=O)Nc2nc3ccccc3s2)C1=O. The van der Waals surface area contributed by atoms with Crippen LogP contribution in [0.4, 0.5) is 5.13 Å². The Morgan fingerprint density at radius 2 is 2.00 bits per heavy atom. The van der Waals surface area contributed by atoms with Crippen LogP contribution >= 0.6 is 35.3 Å². The molecule has 0 aliphatic carbocycles. The Kier molecular flexibility index (Phi) is 6.12. The van der Waals surface area contributed by atoms with Crippen LogP contribution in [-0.2, 0) is 9.59 Å². The van der Waals surface area contributed by atoms with Gasteiger partial charge in [0.1, 0.15) is 10.1 Å². The predicted molar refractivity (Wildman–Crippen MR) is 126 cm³/mol. The maximum absolute atomic E-state index is 12.8. The highest BCUT2D eigenvalue weighted by molar-refractivity contribution is 8.26. The van der Waals surface area contributed by atoms with Crippen molar-refractivity contribution in [2.24, 2.45) is 0 Å². The molecule has 1 saturated heterocycles. The van der Waals surface area contributed by atoms with E-state index in [1.807, 2.05) is 48.5 Å². The second-order valence-electron chi connectivity index (χ2n) is 6.36. The molecule has 0 unspecified atom stereocenters. The third-order valence-electron chi connectivity index (χ3n) is 4.40. The van der Waals surface area contributed by atoms with Gasteiger partial charge in [0.05, 0.1) is 22.2 Å². The molecule has 6 nitrogen and oxygen atoms in total. The van der Waals surface area contributed by atoms with E-state index in [9.17, 15) is 9.59 Å². The second-order valence-corrected chi connectivity index (χ2v) is 9.07. The van der Waals surface area contributed by atoms with Gasteiger partial charge >= 0.3 is 0 Å². The highest BCUT2D eigenvalue weighted by Gasteiger charge is 2.32. The van der Waals surface area contributed by atoms with Crippen LogP contribution < -0.4 is 10.1 Å². The second kappa shape index (κ2) is 8.95. The molecule has 0 atom stereocenters. The summed E-state index contributed by atoms with van der Waals surface area (Å²) in [6.07, 6.45) is 1.89. The van der Waals surface area contributed by atoms with E-state index in [4.69, 9.17) is 17.0 Å². The van der Waals surface area contributed by atoms with Gasteiger partial charge in [-0.1, -0.05) is 65.6 Å². The lowest BCUT2D eigenvalue weighted by Gasteiger charge is -2.13. The molecule has 2 heterocycles. The highest BCUT2D eigenvalue weighted by Crippen LogP contribution is 2.34. The lowest BCUT2D eigenvalue weighted by Crippen LogP contribution is -2.31. The van der Waals surface area contributed by atoms with Gasteiger partial charge in [-0.15, -0.1) is 0 Å². The van der Waals surface area contributed by atoms with Gasteiger partial charge in [0.25, 0.3) is 5.91 Å². The number of amides is 2. The average molecular weight is 456 g/mol. The first-order valence-corrected chi connectivity index (χ1v) is 11.1. The van der Waals surface area contributed by atoms with Crippen molar-refractivity contribution >= 4 is 72.9 Å². The van der Waals surface area contributed by atoms with Crippen LogP contribution in [0.3, 0.4) is 0 Å². The van der Waals surface area contributed by atoms with Crippen molar-refractivity contribution < 1.29 is 14.3 Å². The zero-order valence-corrected chi connectivity index (χ0v) is 18.4. The van der Waals surface area contributed by atoms with Crippen molar-refractivity contribution in [2.75, 3.05) is 19.0 Å². The largest absolute Gasteiger partial charge is 0.496 e.